The quantitative estimate of drug-likeness (QED) is 0.529. The van der Waals surface area contributed by atoms with Crippen LogP contribution in [0.15, 0.2) is 0 Å². The zero-order valence-corrected chi connectivity index (χ0v) is 11.5. The van der Waals surface area contributed by atoms with E-state index >= 15 is 0 Å². The van der Waals surface area contributed by atoms with Crippen molar-refractivity contribution >= 4 is 12.3 Å². The van der Waals surface area contributed by atoms with Crippen molar-refractivity contribution < 1.29 is 63.4 Å². The molecule has 0 heterocycles. The molecule has 0 aliphatic rings. The minimum absolute atomic E-state index is 0. The van der Waals surface area contributed by atoms with Crippen LogP contribution in [0.3, 0.4) is 0 Å². The van der Waals surface area contributed by atoms with Crippen molar-refractivity contribution in [3.63, 3.8) is 0 Å². The Bertz CT molecular complexity index is 89.7. The van der Waals surface area contributed by atoms with Crippen molar-refractivity contribution in [2.24, 2.45) is 0 Å². The molecule has 0 spiro atoms. The summed E-state index contributed by atoms with van der Waals surface area (Å²) in [6, 6.07) is 0. The third-order valence-corrected chi connectivity index (χ3v) is 0.418. The number of amides is 2. The summed E-state index contributed by atoms with van der Waals surface area (Å²) in [5.74, 6) is -0.407. The summed E-state index contributed by atoms with van der Waals surface area (Å²) >= 11 is 0. The second-order valence-electron chi connectivity index (χ2n) is 0.900. The first kappa shape index (κ1) is 22.4. The van der Waals surface area contributed by atoms with Gasteiger partial charge in [0.25, 0.3) is 0 Å². The van der Waals surface area contributed by atoms with Crippen molar-refractivity contribution in [1.29, 1.82) is 0 Å². The largest absolute Gasteiger partial charge is 2.00 e. The molecule has 0 fully saturated rings. The molecule has 0 saturated carbocycles. The Hall–Kier alpha value is 0.932. The number of nitrogens with one attached hydrogen (secondary N) is 1. The molecule has 0 atom stereocenters. The molecular weight excluding hydrogens is 379 g/mol. The van der Waals surface area contributed by atoms with Gasteiger partial charge in [-0.15, -0.1) is 0 Å². The standard InChI is InChI=1S/C4H5NO2.CH3.W.Y/c1-2-4(7)5-3-6;;;/h1-2H2,(H,5,6,7);1H3;;/q-2;-1;+2;. The molecule has 0 aromatic carbocycles. The summed E-state index contributed by atoms with van der Waals surface area (Å²) in [4.78, 5) is 19.3. The molecule has 0 aliphatic heterocycles. The Balaban J connectivity index is -0.0000000600. The van der Waals surface area contributed by atoms with Crippen LogP contribution in [0.4, 0.5) is 0 Å². The summed E-state index contributed by atoms with van der Waals surface area (Å²) in [6.07, 6.45) is 1.31. The SMILES string of the molecule is [CH2-]CC(=O)N[C-]=O.[CH3-].[W+2].[Y]. The van der Waals surface area contributed by atoms with Gasteiger partial charge in [-0.3, -0.25) is 0 Å². The molecular formula is C5H8NO2WY-. The van der Waals surface area contributed by atoms with E-state index in [1.54, 1.807) is 5.32 Å². The van der Waals surface area contributed by atoms with Gasteiger partial charge in [0.15, 0.2) is 0 Å². The maximum atomic E-state index is 9.98. The van der Waals surface area contributed by atoms with Crippen LogP contribution in [0.5, 0.6) is 0 Å². The second kappa shape index (κ2) is 16.5. The van der Waals surface area contributed by atoms with Crippen LogP contribution in [0, 0.1) is 14.4 Å². The first-order valence-electron chi connectivity index (χ1n) is 1.76. The predicted molar refractivity (Wildman–Crippen MR) is 30.2 cm³/mol. The van der Waals surface area contributed by atoms with Crippen molar-refractivity contribution in [3.8, 4) is 0 Å². The minimum atomic E-state index is -0.407. The van der Waals surface area contributed by atoms with E-state index in [4.69, 9.17) is 0 Å². The van der Waals surface area contributed by atoms with Crippen LogP contribution in [-0.2, 0) is 63.4 Å². The summed E-state index contributed by atoms with van der Waals surface area (Å²) < 4.78 is 0. The van der Waals surface area contributed by atoms with Crippen LogP contribution >= 0.6 is 0 Å². The molecule has 2 amide bonds. The fraction of sp³-hybridized carbons (Fsp3) is 0.200. The smallest absolute Gasteiger partial charge is 0.464 e. The molecule has 0 aromatic heterocycles. The maximum absolute atomic E-state index is 9.98. The molecule has 3 nitrogen and oxygen atoms in total. The van der Waals surface area contributed by atoms with Gasteiger partial charge in [0, 0.05) is 38.6 Å². The van der Waals surface area contributed by atoms with Gasteiger partial charge in [-0.2, -0.15) is 6.42 Å². The Morgan fingerprint density at radius 3 is 2.10 bits per heavy atom. The van der Waals surface area contributed by atoms with Crippen LogP contribution in [0.1, 0.15) is 6.42 Å². The molecule has 1 N–H and O–H groups in total. The van der Waals surface area contributed by atoms with E-state index in [1.807, 2.05) is 0 Å². The number of rotatable bonds is 2. The van der Waals surface area contributed by atoms with E-state index in [0.29, 0.717) is 0 Å². The molecule has 0 aromatic rings. The zero-order valence-electron chi connectivity index (χ0n) is 5.72. The summed E-state index contributed by atoms with van der Waals surface area (Å²) in [5.41, 5.74) is 0. The Labute approximate surface area is 101 Å². The van der Waals surface area contributed by atoms with Gasteiger partial charge in [-0.05, 0) is 0 Å². The monoisotopic (exact) mass is 387 g/mol. The van der Waals surface area contributed by atoms with Gasteiger partial charge in [0.05, 0.1) is 6.41 Å². The first-order chi connectivity index (χ1) is 3.31. The normalized spacial score (nSPS) is 5.30. The van der Waals surface area contributed by atoms with E-state index in [-0.39, 0.29) is 67.6 Å². The molecule has 5 heteroatoms. The predicted octanol–water partition coefficient (Wildman–Crippen LogP) is -0.161. The van der Waals surface area contributed by atoms with Gasteiger partial charge >= 0.3 is 21.1 Å². The van der Waals surface area contributed by atoms with Gasteiger partial charge in [-0.1, -0.05) is 0 Å². The molecule has 0 bridgehead atoms. The summed E-state index contributed by atoms with van der Waals surface area (Å²) in [6.45, 7) is 3.21. The van der Waals surface area contributed by atoms with Gasteiger partial charge in [-0.25, -0.2) is 0 Å². The average molecular weight is 387 g/mol. The fourth-order valence-electron chi connectivity index (χ4n) is 0.119. The summed E-state index contributed by atoms with van der Waals surface area (Å²) in [7, 11) is 0. The fourth-order valence-corrected chi connectivity index (χ4v) is 0.119. The number of carbonyl (C=O) groups is 1. The van der Waals surface area contributed by atoms with Gasteiger partial charge in [0.2, 0.25) is 0 Å². The summed E-state index contributed by atoms with van der Waals surface area (Å²) in [5, 5.41) is 1.79. The number of hydrogen-bond acceptors (Lipinski definition) is 2. The van der Waals surface area contributed by atoms with E-state index in [1.165, 1.54) is 6.41 Å². The first-order valence-corrected chi connectivity index (χ1v) is 1.76. The Morgan fingerprint density at radius 2 is 2.00 bits per heavy atom. The van der Waals surface area contributed by atoms with Crippen molar-refractivity contribution in [1.82, 2.24) is 5.32 Å². The minimum Gasteiger partial charge on any atom is -0.464 e. The molecule has 0 rings (SSSR count). The van der Waals surface area contributed by atoms with E-state index in [0.717, 1.165) is 0 Å². The third kappa shape index (κ3) is 16.0. The van der Waals surface area contributed by atoms with Gasteiger partial charge in [0.1, 0.15) is 0 Å². The molecule has 0 unspecified atom stereocenters. The van der Waals surface area contributed by atoms with Crippen molar-refractivity contribution in [2.45, 2.75) is 6.42 Å². The zero-order chi connectivity index (χ0) is 5.70. The molecule has 1 radical (unpaired) electrons. The average Bonchev–Trinajstić information content (AvgIpc) is 1.68. The second-order valence-corrected chi connectivity index (χ2v) is 0.900. The molecule has 0 aliphatic carbocycles. The molecule has 0 saturated heterocycles. The number of carbonyl (C=O) groups excluding carboxylic acids is 2. The Morgan fingerprint density at radius 1 is 1.60 bits per heavy atom. The van der Waals surface area contributed by atoms with Crippen LogP contribution in [0.2, 0.25) is 0 Å². The van der Waals surface area contributed by atoms with Crippen molar-refractivity contribution in [3.05, 3.63) is 14.4 Å². The topological polar surface area (TPSA) is 46.2 Å². The number of hydrogen-bond donors (Lipinski definition) is 1. The van der Waals surface area contributed by atoms with Gasteiger partial charge < -0.3 is 29.3 Å². The van der Waals surface area contributed by atoms with E-state index in [9.17, 15) is 9.59 Å². The van der Waals surface area contributed by atoms with Crippen LogP contribution in [0.25, 0.3) is 0 Å². The van der Waals surface area contributed by atoms with Crippen LogP contribution < -0.4 is 5.32 Å². The Kier molecular flexibility index (Phi) is 37.0. The van der Waals surface area contributed by atoms with E-state index in [2.05, 4.69) is 6.92 Å². The maximum Gasteiger partial charge on any atom is 2.00 e. The van der Waals surface area contributed by atoms with Crippen LogP contribution in [-0.4, -0.2) is 12.3 Å². The third-order valence-electron chi connectivity index (χ3n) is 0.418. The molecule has 10 heavy (non-hydrogen) atoms. The van der Waals surface area contributed by atoms with Crippen molar-refractivity contribution in [2.75, 3.05) is 0 Å². The number of imide groups is 1. The molecule has 55 valence electrons. The van der Waals surface area contributed by atoms with E-state index < -0.39 is 5.91 Å².